The van der Waals surface area contributed by atoms with Crippen LogP contribution in [0.25, 0.3) is 21.5 Å². The molecule has 0 unspecified atom stereocenters. The van der Waals surface area contributed by atoms with Gasteiger partial charge in [0.25, 0.3) is 0 Å². The predicted molar refractivity (Wildman–Crippen MR) is 68.5 cm³/mol. The summed E-state index contributed by atoms with van der Waals surface area (Å²) in [4.78, 5) is 0. The smallest absolute Gasteiger partial charge is 0.122 e. The third-order valence-electron chi connectivity index (χ3n) is 2.82. The highest BCUT2D eigenvalue weighted by Crippen LogP contribution is 2.27. The Morgan fingerprint density at radius 3 is 2.25 bits per heavy atom. The van der Waals surface area contributed by atoms with E-state index in [1.165, 1.54) is 0 Å². The van der Waals surface area contributed by atoms with Crippen molar-refractivity contribution < 1.29 is 5.11 Å². The molecule has 0 fully saturated rings. The van der Waals surface area contributed by atoms with Gasteiger partial charge in [-0.2, -0.15) is 0 Å². The third kappa shape index (κ3) is 1.35. The van der Waals surface area contributed by atoms with E-state index in [-0.39, 0.29) is 5.75 Å². The Balaban J connectivity index is 2.51. The maximum Gasteiger partial charge on any atom is 0.122 e. The number of rotatable bonds is 0. The van der Waals surface area contributed by atoms with Gasteiger partial charge in [0, 0.05) is 5.39 Å². The minimum atomic E-state index is 0.237. The second-order valence-electron chi connectivity index (χ2n) is 3.96. The summed E-state index contributed by atoms with van der Waals surface area (Å²) < 4.78 is 0. The van der Waals surface area contributed by atoms with E-state index >= 15 is 0 Å². The molecule has 2 heteroatoms. The van der Waals surface area contributed by atoms with Crippen molar-refractivity contribution in [3.63, 3.8) is 0 Å². The number of aromatic hydroxyl groups is 1. The molecule has 3 aromatic carbocycles. The van der Waals surface area contributed by atoms with Crippen LogP contribution in [0.3, 0.4) is 0 Å². The molecule has 2 radical (unpaired) electrons. The lowest BCUT2D eigenvalue weighted by molar-refractivity contribution is 0.482. The van der Waals surface area contributed by atoms with E-state index in [1.807, 2.05) is 36.4 Å². The van der Waals surface area contributed by atoms with Crippen molar-refractivity contribution in [3.8, 4) is 5.75 Å². The minimum absolute atomic E-state index is 0.237. The molecular weight excluding hydrogens is 195 g/mol. The van der Waals surface area contributed by atoms with Crippen LogP contribution in [0.1, 0.15) is 0 Å². The first-order chi connectivity index (χ1) is 7.74. The Labute approximate surface area is 94.7 Å². The molecule has 74 valence electrons. The van der Waals surface area contributed by atoms with Crippen LogP contribution in [0.4, 0.5) is 0 Å². The molecule has 0 heterocycles. The molecule has 0 atom stereocenters. The fourth-order valence-corrected chi connectivity index (χ4v) is 2.06. The molecule has 0 spiro atoms. The first-order valence-electron chi connectivity index (χ1n) is 5.15. The number of fused-ring (bicyclic) bond motifs is 2. The van der Waals surface area contributed by atoms with Gasteiger partial charge < -0.3 is 5.11 Å². The standard InChI is InChI=1S/C14H9BO/c15-12-6-11-5-9-3-1-2-4-10(9)7-13(11)14(16)8-12/h1-8,16H. The molecule has 0 saturated heterocycles. The summed E-state index contributed by atoms with van der Waals surface area (Å²) in [7, 11) is 5.71. The predicted octanol–water partition coefficient (Wildman–Crippen LogP) is 2.49. The Bertz CT molecular complexity index is 689. The van der Waals surface area contributed by atoms with Crippen LogP contribution in [0, 0.1) is 0 Å². The second kappa shape index (κ2) is 3.27. The van der Waals surface area contributed by atoms with E-state index in [2.05, 4.69) is 6.07 Å². The monoisotopic (exact) mass is 204 g/mol. The van der Waals surface area contributed by atoms with Gasteiger partial charge >= 0.3 is 0 Å². The Hall–Kier alpha value is -1.96. The maximum atomic E-state index is 9.83. The third-order valence-corrected chi connectivity index (χ3v) is 2.82. The van der Waals surface area contributed by atoms with E-state index in [9.17, 15) is 5.11 Å². The van der Waals surface area contributed by atoms with Gasteiger partial charge in [-0.05, 0) is 34.4 Å². The molecule has 16 heavy (non-hydrogen) atoms. The van der Waals surface area contributed by atoms with Crippen LogP contribution in [0.2, 0.25) is 0 Å². The lowest BCUT2D eigenvalue weighted by atomic mass is 9.92. The van der Waals surface area contributed by atoms with Crippen molar-refractivity contribution in [2.45, 2.75) is 0 Å². The molecule has 0 bridgehead atoms. The van der Waals surface area contributed by atoms with Crippen molar-refractivity contribution in [2.75, 3.05) is 0 Å². The van der Waals surface area contributed by atoms with E-state index in [0.717, 1.165) is 21.5 Å². The van der Waals surface area contributed by atoms with Gasteiger partial charge in [-0.25, -0.2) is 0 Å². The molecule has 0 aliphatic carbocycles. The molecule has 0 aliphatic heterocycles. The number of hydrogen-bond donors (Lipinski definition) is 1. The van der Waals surface area contributed by atoms with E-state index < -0.39 is 0 Å². The van der Waals surface area contributed by atoms with Crippen LogP contribution in [0.15, 0.2) is 48.5 Å². The first kappa shape index (κ1) is 9.28. The Morgan fingerprint density at radius 1 is 0.812 bits per heavy atom. The van der Waals surface area contributed by atoms with E-state index in [0.29, 0.717) is 5.46 Å². The average molecular weight is 204 g/mol. The number of benzene rings is 3. The van der Waals surface area contributed by atoms with E-state index in [4.69, 9.17) is 7.85 Å². The van der Waals surface area contributed by atoms with Crippen LogP contribution in [-0.4, -0.2) is 13.0 Å². The summed E-state index contributed by atoms with van der Waals surface area (Å²) >= 11 is 0. The summed E-state index contributed by atoms with van der Waals surface area (Å²) in [5, 5.41) is 13.9. The molecular formula is C14H9BO. The Morgan fingerprint density at radius 2 is 1.50 bits per heavy atom. The molecule has 0 saturated carbocycles. The van der Waals surface area contributed by atoms with Crippen molar-refractivity contribution in [1.29, 1.82) is 0 Å². The molecule has 3 rings (SSSR count). The van der Waals surface area contributed by atoms with Crippen LogP contribution in [-0.2, 0) is 0 Å². The SMILES string of the molecule is [B]c1cc(O)c2cc3ccccc3cc2c1. The minimum Gasteiger partial charge on any atom is -0.507 e. The summed E-state index contributed by atoms with van der Waals surface area (Å²) in [6.07, 6.45) is 0. The quantitative estimate of drug-likeness (QED) is 0.440. The average Bonchev–Trinajstić information content (AvgIpc) is 2.27. The zero-order valence-electron chi connectivity index (χ0n) is 8.64. The van der Waals surface area contributed by atoms with Crippen molar-refractivity contribution in [1.82, 2.24) is 0 Å². The normalized spacial score (nSPS) is 11.0. The zero-order valence-corrected chi connectivity index (χ0v) is 8.64. The first-order valence-corrected chi connectivity index (χ1v) is 5.15. The zero-order chi connectivity index (χ0) is 11.1. The summed E-state index contributed by atoms with van der Waals surface area (Å²) in [6.45, 7) is 0. The van der Waals surface area contributed by atoms with Crippen LogP contribution in [0.5, 0.6) is 5.75 Å². The summed E-state index contributed by atoms with van der Waals surface area (Å²) in [5.74, 6) is 0.237. The van der Waals surface area contributed by atoms with Gasteiger partial charge in [-0.3, -0.25) is 0 Å². The molecule has 0 aliphatic rings. The van der Waals surface area contributed by atoms with Gasteiger partial charge in [-0.15, -0.1) is 0 Å². The highest BCUT2D eigenvalue weighted by molar-refractivity contribution is 6.33. The van der Waals surface area contributed by atoms with Gasteiger partial charge in [0.15, 0.2) is 0 Å². The van der Waals surface area contributed by atoms with Crippen molar-refractivity contribution >= 4 is 34.9 Å². The van der Waals surface area contributed by atoms with E-state index in [1.54, 1.807) is 6.07 Å². The fourth-order valence-electron chi connectivity index (χ4n) is 2.06. The molecule has 0 amide bonds. The second-order valence-corrected chi connectivity index (χ2v) is 3.96. The molecule has 1 N–H and O–H groups in total. The highest BCUT2D eigenvalue weighted by atomic mass is 16.3. The lowest BCUT2D eigenvalue weighted by Gasteiger charge is -2.05. The van der Waals surface area contributed by atoms with Crippen LogP contribution < -0.4 is 5.46 Å². The number of hydrogen-bond acceptors (Lipinski definition) is 1. The highest BCUT2D eigenvalue weighted by Gasteiger charge is 2.02. The number of phenols is 1. The van der Waals surface area contributed by atoms with Crippen LogP contribution >= 0.6 is 0 Å². The van der Waals surface area contributed by atoms with Crippen molar-refractivity contribution in [2.24, 2.45) is 0 Å². The summed E-state index contributed by atoms with van der Waals surface area (Å²) in [5.41, 5.74) is 0.584. The summed E-state index contributed by atoms with van der Waals surface area (Å²) in [6, 6.07) is 15.6. The number of phenolic OH excluding ortho intramolecular Hbond substituents is 1. The van der Waals surface area contributed by atoms with Gasteiger partial charge in [0.05, 0.1) is 0 Å². The topological polar surface area (TPSA) is 20.2 Å². The van der Waals surface area contributed by atoms with Gasteiger partial charge in [0.1, 0.15) is 13.6 Å². The Kier molecular flexibility index (Phi) is 1.90. The van der Waals surface area contributed by atoms with Gasteiger partial charge in [-0.1, -0.05) is 35.8 Å². The molecule has 3 aromatic rings. The van der Waals surface area contributed by atoms with Gasteiger partial charge in [0.2, 0.25) is 0 Å². The largest absolute Gasteiger partial charge is 0.507 e. The lowest BCUT2D eigenvalue weighted by Crippen LogP contribution is -2.00. The molecule has 1 nitrogen and oxygen atoms in total. The fraction of sp³-hybridized carbons (Fsp3) is 0. The molecule has 0 aromatic heterocycles. The maximum absolute atomic E-state index is 9.83. The van der Waals surface area contributed by atoms with Crippen molar-refractivity contribution in [3.05, 3.63) is 48.5 Å².